The van der Waals surface area contributed by atoms with E-state index in [2.05, 4.69) is 15.2 Å². The fraction of sp³-hybridized carbons (Fsp3) is 0.444. The van der Waals surface area contributed by atoms with Gasteiger partial charge in [-0.1, -0.05) is 12.1 Å². The predicted molar refractivity (Wildman–Crippen MR) is 96.8 cm³/mol. The van der Waals surface area contributed by atoms with Gasteiger partial charge in [0.15, 0.2) is 0 Å². The van der Waals surface area contributed by atoms with Gasteiger partial charge in [0.1, 0.15) is 15.6 Å². The number of aryl methyl sites for hydroxylation is 1. The number of nitrogens with one attached hydrogen (secondary N) is 1. The topological polar surface area (TPSA) is 54.5 Å². The van der Waals surface area contributed by atoms with Crippen molar-refractivity contribution in [1.82, 2.24) is 15.2 Å². The van der Waals surface area contributed by atoms with Crippen molar-refractivity contribution in [3.8, 4) is 16.3 Å². The summed E-state index contributed by atoms with van der Waals surface area (Å²) >= 11 is 1.43. The minimum absolute atomic E-state index is 0.0293. The first kappa shape index (κ1) is 16.9. The van der Waals surface area contributed by atoms with Crippen LogP contribution in [-0.4, -0.2) is 49.1 Å². The van der Waals surface area contributed by atoms with Crippen molar-refractivity contribution in [2.75, 3.05) is 33.3 Å². The number of thiazole rings is 1. The lowest BCUT2D eigenvalue weighted by molar-refractivity contribution is 0.0953. The van der Waals surface area contributed by atoms with Gasteiger partial charge in [0.2, 0.25) is 0 Å². The van der Waals surface area contributed by atoms with E-state index in [0.717, 1.165) is 41.6 Å². The molecule has 3 rings (SSSR count). The van der Waals surface area contributed by atoms with Gasteiger partial charge < -0.3 is 15.0 Å². The third-order valence-corrected chi connectivity index (χ3v) is 5.44. The number of carbonyl (C=O) groups excluding carboxylic acids is 1. The minimum atomic E-state index is -0.0293. The van der Waals surface area contributed by atoms with Crippen molar-refractivity contribution in [2.45, 2.75) is 19.8 Å². The molecule has 2 heterocycles. The van der Waals surface area contributed by atoms with Gasteiger partial charge in [-0.05, 0) is 45.0 Å². The van der Waals surface area contributed by atoms with Gasteiger partial charge in [0.25, 0.3) is 5.91 Å². The Morgan fingerprint density at radius 2 is 2.17 bits per heavy atom. The van der Waals surface area contributed by atoms with Crippen LogP contribution >= 0.6 is 11.3 Å². The summed E-state index contributed by atoms with van der Waals surface area (Å²) in [6.07, 6.45) is 2.54. The SMILES string of the molecule is COc1cccc(-c2nc(C)c(C(=O)NCCN3CCCC3)s2)c1. The van der Waals surface area contributed by atoms with Crippen LogP contribution in [0.1, 0.15) is 28.2 Å². The van der Waals surface area contributed by atoms with E-state index in [4.69, 9.17) is 4.74 Å². The van der Waals surface area contributed by atoms with Crippen LogP contribution in [0.15, 0.2) is 24.3 Å². The Kier molecular flexibility index (Phi) is 5.48. The lowest BCUT2D eigenvalue weighted by Gasteiger charge is -2.14. The molecule has 0 saturated carbocycles. The molecule has 0 radical (unpaired) electrons. The fourth-order valence-corrected chi connectivity index (χ4v) is 3.88. The Morgan fingerprint density at radius 1 is 1.38 bits per heavy atom. The average Bonchev–Trinajstić information content (AvgIpc) is 3.24. The Hall–Kier alpha value is -1.92. The Balaban J connectivity index is 1.65. The number of nitrogens with zero attached hydrogens (tertiary/aromatic N) is 2. The number of ether oxygens (including phenoxy) is 1. The van der Waals surface area contributed by atoms with Crippen LogP contribution in [0, 0.1) is 6.92 Å². The molecule has 1 amide bonds. The highest BCUT2D eigenvalue weighted by atomic mass is 32.1. The van der Waals surface area contributed by atoms with Crippen LogP contribution in [0.2, 0.25) is 0 Å². The second-order valence-corrected chi connectivity index (χ2v) is 6.97. The van der Waals surface area contributed by atoms with Gasteiger partial charge in [-0.2, -0.15) is 0 Å². The molecule has 1 aromatic heterocycles. The first-order chi connectivity index (χ1) is 11.7. The standard InChI is InChI=1S/C18H23N3O2S/c1-13-16(17(22)19-8-11-21-9-3-4-10-21)24-18(20-13)14-6-5-7-15(12-14)23-2/h5-7,12H,3-4,8-11H2,1-2H3,(H,19,22). The minimum Gasteiger partial charge on any atom is -0.497 e. The van der Waals surface area contributed by atoms with Gasteiger partial charge in [0, 0.05) is 18.7 Å². The third-order valence-electron chi connectivity index (χ3n) is 4.23. The van der Waals surface area contributed by atoms with Crippen LogP contribution in [0.3, 0.4) is 0 Å². The molecule has 2 aromatic rings. The second kappa shape index (κ2) is 7.77. The smallest absolute Gasteiger partial charge is 0.263 e. The van der Waals surface area contributed by atoms with Crippen LogP contribution < -0.4 is 10.1 Å². The first-order valence-electron chi connectivity index (χ1n) is 8.30. The van der Waals surface area contributed by atoms with E-state index in [0.29, 0.717) is 11.4 Å². The van der Waals surface area contributed by atoms with E-state index in [1.54, 1.807) is 7.11 Å². The van der Waals surface area contributed by atoms with E-state index in [9.17, 15) is 4.79 Å². The summed E-state index contributed by atoms with van der Waals surface area (Å²) < 4.78 is 5.26. The van der Waals surface area contributed by atoms with Crippen LogP contribution in [0.25, 0.3) is 10.6 Å². The van der Waals surface area contributed by atoms with E-state index in [-0.39, 0.29) is 5.91 Å². The van der Waals surface area contributed by atoms with Crippen LogP contribution in [0.4, 0.5) is 0 Å². The van der Waals surface area contributed by atoms with Gasteiger partial charge in [-0.15, -0.1) is 11.3 Å². The molecule has 24 heavy (non-hydrogen) atoms. The Labute approximate surface area is 146 Å². The van der Waals surface area contributed by atoms with Crippen molar-refractivity contribution in [3.63, 3.8) is 0 Å². The number of likely N-dealkylation sites (tertiary alicyclic amines) is 1. The monoisotopic (exact) mass is 345 g/mol. The lowest BCUT2D eigenvalue weighted by atomic mass is 10.2. The molecule has 1 aliphatic heterocycles. The highest BCUT2D eigenvalue weighted by Crippen LogP contribution is 2.30. The summed E-state index contributed by atoms with van der Waals surface area (Å²) in [5, 5.41) is 3.86. The molecule has 0 aliphatic carbocycles. The number of amides is 1. The van der Waals surface area contributed by atoms with Crippen molar-refractivity contribution in [3.05, 3.63) is 34.8 Å². The van der Waals surface area contributed by atoms with Gasteiger partial charge in [-0.3, -0.25) is 4.79 Å². The molecule has 1 aliphatic rings. The van der Waals surface area contributed by atoms with Gasteiger partial charge in [-0.25, -0.2) is 4.98 Å². The van der Waals surface area contributed by atoms with Crippen LogP contribution in [-0.2, 0) is 0 Å². The highest BCUT2D eigenvalue weighted by molar-refractivity contribution is 7.17. The third kappa shape index (κ3) is 3.94. The summed E-state index contributed by atoms with van der Waals surface area (Å²) in [7, 11) is 1.64. The number of hydrogen-bond donors (Lipinski definition) is 1. The molecule has 0 bridgehead atoms. The molecule has 1 saturated heterocycles. The Morgan fingerprint density at radius 3 is 2.92 bits per heavy atom. The van der Waals surface area contributed by atoms with Crippen molar-refractivity contribution < 1.29 is 9.53 Å². The molecule has 1 fully saturated rings. The normalized spacial score (nSPS) is 14.8. The van der Waals surface area contributed by atoms with Crippen LogP contribution in [0.5, 0.6) is 5.75 Å². The highest BCUT2D eigenvalue weighted by Gasteiger charge is 2.17. The number of methoxy groups -OCH3 is 1. The molecule has 0 unspecified atom stereocenters. The quantitative estimate of drug-likeness (QED) is 0.874. The molecule has 0 spiro atoms. The summed E-state index contributed by atoms with van der Waals surface area (Å²) in [4.78, 5) is 20.1. The summed E-state index contributed by atoms with van der Waals surface area (Å²) in [6, 6.07) is 7.75. The van der Waals surface area contributed by atoms with Crippen molar-refractivity contribution in [1.29, 1.82) is 0 Å². The maximum Gasteiger partial charge on any atom is 0.263 e. The predicted octanol–water partition coefficient (Wildman–Crippen LogP) is 2.95. The van der Waals surface area contributed by atoms with Gasteiger partial charge >= 0.3 is 0 Å². The van der Waals surface area contributed by atoms with E-state index in [1.807, 2.05) is 31.2 Å². The zero-order valence-electron chi connectivity index (χ0n) is 14.2. The number of benzene rings is 1. The molecule has 0 atom stereocenters. The van der Waals surface area contributed by atoms with E-state index in [1.165, 1.54) is 24.2 Å². The molecule has 1 N–H and O–H groups in total. The number of carbonyl (C=O) groups is 1. The lowest BCUT2D eigenvalue weighted by Crippen LogP contribution is -2.33. The van der Waals surface area contributed by atoms with E-state index >= 15 is 0 Å². The second-order valence-electron chi connectivity index (χ2n) is 5.97. The maximum absolute atomic E-state index is 12.4. The van der Waals surface area contributed by atoms with Crippen molar-refractivity contribution >= 4 is 17.2 Å². The molecule has 5 nitrogen and oxygen atoms in total. The average molecular weight is 345 g/mol. The Bertz CT molecular complexity index is 708. The first-order valence-corrected chi connectivity index (χ1v) is 9.11. The summed E-state index contributed by atoms with van der Waals surface area (Å²) in [5.74, 6) is 0.760. The molecule has 128 valence electrons. The van der Waals surface area contributed by atoms with Crippen molar-refractivity contribution in [2.24, 2.45) is 0 Å². The molecular weight excluding hydrogens is 322 g/mol. The largest absolute Gasteiger partial charge is 0.497 e. The summed E-state index contributed by atoms with van der Waals surface area (Å²) in [5.41, 5.74) is 1.75. The maximum atomic E-state index is 12.4. The molecule has 6 heteroatoms. The fourth-order valence-electron chi connectivity index (χ4n) is 2.90. The number of rotatable bonds is 6. The number of hydrogen-bond acceptors (Lipinski definition) is 5. The molecular formula is C18H23N3O2S. The zero-order chi connectivity index (χ0) is 16.9. The number of aromatic nitrogens is 1. The molecule has 1 aromatic carbocycles. The van der Waals surface area contributed by atoms with Gasteiger partial charge in [0.05, 0.1) is 12.8 Å². The zero-order valence-corrected chi connectivity index (χ0v) is 15.0. The van der Waals surface area contributed by atoms with E-state index < -0.39 is 0 Å². The summed E-state index contributed by atoms with van der Waals surface area (Å²) in [6.45, 7) is 5.79.